The zero-order valence-corrected chi connectivity index (χ0v) is 23.9. The molecule has 3 aromatic heterocycles. The van der Waals surface area contributed by atoms with Crippen molar-refractivity contribution in [3.8, 4) is 33.5 Å². The number of halogens is 3. The summed E-state index contributed by atoms with van der Waals surface area (Å²) in [6.07, 6.45) is 1.20. The average Bonchev–Trinajstić information content (AvgIpc) is 3.67. The fraction of sp³-hybridized carbons (Fsp3) is 0.133. The van der Waals surface area contributed by atoms with E-state index in [1.54, 1.807) is 41.4 Å². The summed E-state index contributed by atoms with van der Waals surface area (Å²) in [4.78, 5) is 39.8. The Hall–Kier alpha value is -5.57. The molecule has 0 atom stereocenters. The topological polar surface area (TPSA) is 136 Å². The van der Waals surface area contributed by atoms with Gasteiger partial charge in [-0.1, -0.05) is 29.5 Å². The standard InChI is InChI=1S/C30H22F3N7O4S/c31-30(32,33)20-13-23(26(40(43)17-20)19-5-2-1-3-6-19)38-27(42)37-21-14-34-28(35-15-21)44-22-10-8-18(9-11-22)24-16-36-29(45-24)39-12-4-7-25(39)41/h1-3,5-6,8-11,13-17H,4,7,12H2,(H2,37,38,42). The molecule has 1 saturated heterocycles. The van der Waals surface area contributed by atoms with Crippen molar-refractivity contribution in [3.63, 3.8) is 0 Å². The van der Waals surface area contributed by atoms with Crippen molar-refractivity contribution in [1.82, 2.24) is 15.0 Å². The minimum Gasteiger partial charge on any atom is -0.618 e. The third-order valence-electron chi connectivity index (χ3n) is 6.69. The van der Waals surface area contributed by atoms with Crippen molar-refractivity contribution in [1.29, 1.82) is 0 Å². The fourth-order valence-electron chi connectivity index (χ4n) is 4.58. The predicted octanol–water partition coefficient (Wildman–Crippen LogP) is 6.48. The van der Waals surface area contributed by atoms with Crippen LogP contribution < -0.4 is 25.0 Å². The van der Waals surface area contributed by atoms with Crippen LogP contribution in [0.5, 0.6) is 11.8 Å². The Balaban J connectivity index is 1.11. The predicted molar refractivity (Wildman–Crippen MR) is 160 cm³/mol. The molecular weight excluding hydrogens is 611 g/mol. The highest BCUT2D eigenvalue weighted by molar-refractivity contribution is 7.19. The Kier molecular flexibility index (Phi) is 8.00. The van der Waals surface area contributed by atoms with Crippen molar-refractivity contribution >= 4 is 39.8 Å². The molecule has 0 radical (unpaired) electrons. The van der Waals surface area contributed by atoms with Gasteiger partial charge in [0.2, 0.25) is 11.6 Å². The molecule has 0 saturated carbocycles. The summed E-state index contributed by atoms with van der Waals surface area (Å²) < 4.78 is 46.0. The Bertz CT molecular complexity index is 1850. The second kappa shape index (κ2) is 12.2. The van der Waals surface area contributed by atoms with Gasteiger partial charge in [0.25, 0.3) is 0 Å². The Labute approximate surface area is 257 Å². The van der Waals surface area contributed by atoms with Crippen LogP contribution in [0.3, 0.4) is 0 Å². The number of ether oxygens (including phenoxy) is 1. The summed E-state index contributed by atoms with van der Waals surface area (Å²) in [7, 11) is 0. The molecule has 228 valence electrons. The van der Waals surface area contributed by atoms with Crippen LogP contribution in [-0.4, -0.2) is 33.4 Å². The van der Waals surface area contributed by atoms with Crippen molar-refractivity contribution in [2.45, 2.75) is 19.0 Å². The van der Waals surface area contributed by atoms with Crippen LogP contribution in [0, 0.1) is 5.21 Å². The molecule has 1 aliphatic heterocycles. The maximum absolute atomic E-state index is 13.4. The number of urea groups is 1. The number of nitrogens with zero attached hydrogens (tertiary/aromatic N) is 5. The van der Waals surface area contributed by atoms with Gasteiger partial charge in [0.15, 0.2) is 11.3 Å². The van der Waals surface area contributed by atoms with E-state index in [1.165, 1.54) is 35.9 Å². The molecule has 5 aromatic rings. The van der Waals surface area contributed by atoms with Crippen molar-refractivity contribution < 1.29 is 32.2 Å². The number of carbonyl (C=O) groups is 2. The summed E-state index contributed by atoms with van der Waals surface area (Å²) in [6.45, 7) is 0.671. The first-order valence-corrected chi connectivity index (χ1v) is 14.3. The van der Waals surface area contributed by atoms with Gasteiger partial charge in [-0.3, -0.25) is 9.69 Å². The molecule has 11 nitrogen and oxygen atoms in total. The van der Waals surface area contributed by atoms with E-state index in [2.05, 4.69) is 25.6 Å². The first-order chi connectivity index (χ1) is 21.6. The number of carbonyl (C=O) groups excluding carboxylic acids is 2. The lowest BCUT2D eigenvalue weighted by Gasteiger charge is -2.15. The van der Waals surface area contributed by atoms with Crippen molar-refractivity contribution in [2.24, 2.45) is 0 Å². The highest BCUT2D eigenvalue weighted by atomic mass is 32.1. The highest BCUT2D eigenvalue weighted by Gasteiger charge is 2.35. The number of hydrogen-bond acceptors (Lipinski definition) is 8. The van der Waals surface area contributed by atoms with Gasteiger partial charge in [-0.2, -0.15) is 17.9 Å². The number of amides is 3. The maximum Gasteiger partial charge on any atom is 0.422 e. The number of thiazole rings is 1. The zero-order valence-electron chi connectivity index (χ0n) is 23.1. The van der Waals surface area contributed by atoms with Gasteiger partial charge >= 0.3 is 18.2 Å². The van der Waals surface area contributed by atoms with Crippen LogP contribution in [0.15, 0.2) is 85.5 Å². The average molecular weight is 634 g/mol. The third kappa shape index (κ3) is 6.67. The Morgan fingerprint density at radius 3 is 2.38 bits per heavy atom. The van der Waals surface area contributed by atoms with E-state index in [4.69, 9.17) is 4.74 Å². The first kappa shape index (κ1) is 29.5. The summed E-state index contributed by atoms with van der Waals surface area (Å²) in [5, 5.41) is 18.0. The molecule has 0 bridgehead atoms. The minimum absolute atomic E-state index is 0.0158. The second-order valence-corrected chi connectivity index (χ2v) is 10.8. The van der Waals surface area contributed by atoms with E-state index >= 15 is 0 Å². The number of benzene rings is 2. The summed E-state index contributed by atoms with van der Waals surface area (Å²) in [5.41, 5.74) is -0.404. The monoisotopic (exact) mass is 633 g/mol. The van der Waals surface area contributed by atoms with E-state index < -0.39 is 17.8 Å². The summed E-state index contributed by atoms with van der Waals surface area (Å²) in [5.74, 6) is 0.520. The Morgan fingerprint density at radius 2 is 1.71 bits per heavy atom. The quantitative estimate of drug-likeness (QED) is 0.155. The van der Waals surface area contributed by atoms with E-state index in [0.29, 0.717) is 41.7 Å². The van der Waals surface area contributed by atoms with Gasteiger partial charge in [-0.15, -0.1) is 0 Å². The third-order valence-corrected chi connectivity index (χ3v) is 7.76. The van der Waals surface area contributed by atoms with Gasteiger partial charge in [-0.05, 0) is 54.4 Å². The number of rotatable bonds is 7. The van der Waals surface area contributed by atoms with Crippen LogP contribution >= 0.6 is 11.3 Å². The smallest absolute Gasteiger partial charge is 0.422 e. The molecule has 15 heteroatoms. The number of aromatic nitrogens is 4. The molecule has 3 amide bonds. The Morgan fingerprint density at radius 1 is 0.978 bits per heavy atom. The molecule has 2 N–H and O–H groups in total. The largest absolute Gasteiger partial charge is 0.618 e. The number of hydrogen-bond donors (Lipinski definition) is 2. The van der Waals surface area contributed by atoms with E-state index in [9.17, 15) is 28.0 Å². The number of pyridine rings is 1. The van der Waals surface area contributed by atoms with Crippen LogP contribution in [0.25, 0.3) is 21.7 Å². The van der Waals surface area contributed by atoms with Gasteiger partial charge in [0, 0.05) is 24.7 Å². The van der Waals surface area contributed by atoms with E-state index in [1.807, 2.05) is 12.1 Å². The van der Waals surface area contributed by atoms with Gasteiger partial charge in [0.05, 0.1) is 23.0 Å². The minimum atomic E-state index is -4.81. The lowest BCUT2D eigenvalue weighted by molar-refractivity contribution is -0.594. The molecule has 1 aliphatic rings. The van der Waals surface area contributed by atoms with Crippen LogP contribution in [0.1, 0.15) is 18.4 Å². The lowest BCUT2D eigenvalue weighted by Crippen LogP contribution is -2.33. The summed E-state index contributed by atoms with van der Waals surface area (Å²) in [6, 6.07) is 14.9. The molecule has 0 aliphatic carbocycles. The van der Waals surface area contributed by atoms with Crippen molar-refractivity contribution in [2.75, 3.05) is 22.1 Å². The van der Waals surface area contributed by atoms with E-state index in [-0.39, 0.29) is 33.7 Å². The SMILES string of the molecule is O=C(Nc1cnc(Oc2ccc(-c3cnc(N4CCCC4=O)s3)cc2)nc1)Nc1cc(C(F)(F)F)c[n+]([O-])c1-c1ccccc1. The van der Waals surface area contributed by atoms with Crippen LogP contribution in [0.4, 0.5) is 34.5 Å². The van der Waals surface area contributed by atoms with Gasteiger partial charge < -0.3 is 20.6 Å². The number of nitrogens with one attached hydrogen (secondary N) is 2. The molecule has 0 unspecified atom stereocenters. The van der Waals surface area contributed by atoms with Gasteiger partial charge in [-0.25, -0.2) is 19.7 Å². The zero-order chi connectivity index (χ0) is 31.6. The lowest BCUT2D eigenvalue weighted by atomic mass is 10.1. The molecule has 2 aromatic carbocycles. The molecular formula is C30H22F3N7O4S. The van der Waals surface area contributed by atoms with Gasteiger partial charge in [0.1, 0.15) is 17.0 Å². The van der Waals surface area contributed by atoms with Crippen molar-refractivity contribution in [3.05, 3.63) is 96.2 Å². The maximum atomic E-state index is 13.4. The van der Waals surface area contributed by atoms with Crippen LogP contribution in [0.2, 0.25) is 0 Å². The first-order valence-electron chi connectivity index (χ1n) is 13.5. The molecule has 6 rings (SSSR count). The fourth-order valence-corrected chi connectivity index (χ4v) is 5.55. The summed E-state index contributed by atoms with van der Waals surface area (Å²) >= 11 is 1.43. The second-order valence-electron chi connectivity index (χ2n) is 9.80. The van der Waals surface area contributed by atoms with Crippen LogP contribution in [-0.2, 0) is 11.0 Å². The molecule has 4 heterocycles. The number of alkyl halides is 3. The van der Waals surface area contributed by atoms with E-state index in [0.717, 1.165) is 16.9 Å². The molecule has 45 heavy (non-hydrogen) atoms. The molecule has 0 spiro atoms. The molecule has 1 fully saturated rings. The normalized spacial score (nSPS) is 13.1. The highest BCUT2D eigenvalue weighted by Crippen LogP contribution is 2.35. The number of anilines is 3.